The Morgan fingerprint density at radius 1 is 1.03 bits per heavy atom. The van der Waals surface area contributed by atoms with Crippen LogP contribution < -0.4 is 4.90 Å². The van der Waals surface area contributed by atoms with E-state index >= 15 is 0 Å². The van der Waals surface area contributed by atoms with Gasteiger partial charge in [0.1, 0.15) is 0 Å². The molecule has 9 heteroatoms. The van der Waals surface area contributed by atoms with Gasteiger partial charge in [0, 0.05) is 46.4 Å². The zero-order valence-electron chi connectivity index (χ0n) is 17.6. The van der Waals surface area contributed by atoms with Gasteiger partial charge in [-0.15, -0.1) is 0 Å². The number of anilines is 1. The molecule has 0 saturated carbocycles. The SMILES string of the molecule is O=C1/C(=C/c2cn(Cc3ccccc3Cl)c3ccccc23)SC(=S)N1c1ccc([N+](=O)[O-])cc1. The number of carbonyl (C=O) groups is 1. The van der Waals surface area contributed by atoms with Gasteiger partial charge in [-0.2, -0.15) is 0 Å². The third-order valence-corrected chi connectivity index (χ3v) is 7.19. The quantitative estimate of drug-likeness (QED) is 0.131. The largest absolute Gasteiger partial charge is 0.342 e. The Kier molecular flexibility index (Phi) is 5.95. The Labute approximate surface area is 209 Å². The lowest BCUT2D eigenvalue weighted by atomic mass is 10.1. The number of rotatable bonds is 5. The molecule has 2 heterocycles. The van der Waals surface area contributed by atoms with Crippen molar-refractivity contribution in [2.24, 2.45) is 0 Å². The zero-order valence-corrected chi connectivity index (χ0v) is 19.9. The summed E-state index contributed by atoms with van der Waals surface area (Å²) >= 11 is 13.0. The molecule has 34 heavy (non-hydrogen) atoms. The van der Waals surface area contributed by atoms with E-state index in [1.807, 2.05) is 60.8 Å². The maximum absolute atomic E-state index is 13.2. The molecule has 0 aliphatic carbocycles. The van der Waals surface area contributed by atoms with E-state index in [1.54, 1.807) is 0 Å². The number of hydrogen-bond acceptors (Lipinski definition) is 5. The number of amides is 1. The van der Waals surface area contributed by atoms with E-state index in [0.29, 0.717) is 26.5 Å². The third kappa shape index (κ3) is 4.11. The molecule has 0 bridgehead atoms. The van der Waals surface area contributed by atoms with E-state index < -0.39 is 4.92 Å². The van der Waals surface area contributed by atoms with Gasteiger partial charge in [-0.1, -0.05) is 72.0 Å². The molecule has 1 fully saturated rings. The van der Waals surface area contributed by atoms with Crippen molar-refractivity contribution in [3.63, 3.8) is 0 Å². The van der Waals surface area contributed by atoms with Crippen LogP contribution in [0, 0.1) is 10.1 Å². The molecule has 0 N–H and O–H groups in total. The van der Waals surface area contributed by atoms with Crippen molar-refractivity contribution in [3.8, 4) is 0 Å². The maximum Gasteiger partial charge on any atom is 0.270 e. The van der Waals surface area contributed by atoms with E-state index in [-0.39, 0.29) is 11.6 Å². The van der Waals surface area contributed by atoms with Gasteiger partial charge >= 0.3 is 0 Å². The summed E-state index contributed by atoms with van der Waals surface area (Å²) in [6.07, 6.45) is 3.85. The average Bonchev–Trinajstić information content (AvgIpc) is 3.32. The Bertz CT molecular complexity index is 1500. The van der Waals surface area contributed by atoms with Crippen LogP contribution in [0.3, 0.4) is 0 Å². The fourth-order valence-electron chi connectivity index (χ4n) is 3.89. The summed E-state index contributed by atoms with van der Waals surface area (Å²) in [5, 5.41) is 12.6. The molecule has 0 unspecified atom stereocenters. The number of thioether (sulfide) groups is 1. The molecule has 1 aliphatic heterocycles. The van der Waals surface area contributed by atoms with Crippen LogP contribution in [-0.4, -0.2) is 19.7 Å². The molecular weight excluding hydrogens is 490 g/mol. The van der Waals surface area contributed by atoms with E-state index in [4.69, 9.17) is 23.8 Å². The fraction of sp³-hybridized carbons (Fsp3) is 0.0400. The molecule has 3 aromatic carbocycles. The van der Waals surface area contributed by atoms with Crippen LogP contribution in [0.1, 0.15) is 11.1 Å². The van der Waals surface area contributed by atoms with Crippen LogP contribution >= 0.6 is 35.6 Å². The van der Waals surface area contributed by atoms with Crippen LogP contribution in [0.15, 0.2) is 83.9 Å². The highest BCUT2D eigenvalue weighted by atomic mass is 35.5. The second-order valence-corrected chi connectivity index (χ2v) is 9.69. The number of fused-ring (bicyclic) bond motifs is 1. The number of benzene rings is 3. The van der Waals surface area contributed by atoms with Gasteiger partial charge < -0.3 is 4.57 Å². The van der Waals surface area contributed by atoms with Crippen LogP contribution in [0.2, 0.25) is 5.02 Å². The second kappa shape index (κ2) is 9.06. The standard InChI is InChI=1S/C25H16ClN3O3S2/c26-21-7-3-1-5-16(21)14-27-15-17(20-6-2-4-8-22(20)27)13-23-24(30)28(25(33)34-23)18-9-11-19(12-10-18)29(31)32/h1-13,15H,14H2/b23-13-. The highest BCUT2D eigenvalue weighted by Gasteiger charge is 2.33. The summed E-state index contributed by atoms with van der Waals surface area (Å²) in [4.78, 5) is 25.6. The van der Waals surface area contributed by atoms with Crippen molar-refractivity contribution in [3.05, 3.63) is 110 Å². The second-order valence-electron chi connectivity index (χ2n) is 7.61. The molecule has 4 aromatic rings. The summed E-state index contributed by atoms with van der Waals surface area (Å²) < 4.78 is 2.49. The molecule has 1 aliphatic rings. The molecule has 6 nitrogen and oxygen atoms in total. The topological polar surface area (TPSA) is 68.4 Å². The first-order chi connectivity index (χ1) is 16.4. The van der Waals surface area contributed by atoms with Crippen molar-refractivity contribution >= 4 is 74.2 Å². The van der Waals surface area contributed by atoms with Gasteiger partial charge in [-0.05, 0) is 35.9 Å². The molecule has 5 rings (SSSR count). The average molecular weight is 506 g/mol. The lowest BCUT2D eigenvalue weighted by molar-refractivity contribution is -0.384. The number of carbonyl (C=O) groups excluding carboxylic acids is 1. The lowest BCUT2D eigenvalue weighted by Crippen LogP contribution is -2.27. The van der Waals surface area contributed by atoms with Gasteiger partial charge in [0.15, 0.2) is 4.32 Å². The van der Waals surface area contributed by atoms with Crippen LogP contribution in [-0.2, 0) is 11.3 Å². The number of nitrogens with zero attached hydrogens (tertiary/aromatic N) is 3. The van der Waals surface area contributed by atoms with Crippen LogP contribution in [0.4, 0.5) is 11.4 Å². The molecule has 1 aromatic heterocycles. The number of thiocarbonyl (C=S) groups is 1. The summed E-state index contributed by atoms with van der Waals surface area (Å²) in [6.45, 7) is 0.595. The minimum Gasteiger partial charge on any atom is -0.342 e. The van der Waals surface area contributed by atoms with Gasteiger partial charge in [0.25, 0.3) is 11.6 Å². The van der Waals surface area contributed by atoms with E-state index in [0.717, 1.165) is 22.0 Å². The van der Waals surface area contributed by atoms with Crippen LogP contribution in [0.5, 0.6) is 0 Å². The molecule has 0 spiro atoms. The Morgan fingerprint density at radius 3 is 2.47 bits per heavy atom. The van der Waals surface area contributed by atoms with Gasteiger partial charge in [-0.25, -0.2) is 0 Å². The number of nitro benzene ring substituents is 1. The van der Waals surface area contributed by atoms with Crippen molar-refractivity contribution in [2.45, 2.75) is 6.54 Å². The molecule has 1 saturated heterocycles. The first-order valence-electron chi connectivity index (χ1n) is 10.3. The number of hydrogen-bond donors (Lipinski definition) is 0. The predicted octanol–water partition coefficient (Wildman–Crippen LogP) is 6.66. The maximum atomic E-state index is 13.2. The van der Waals surface area contributed by atoms with Crippen molar-refractivity contribution in [1.29, 1.82) is 0 Å². The van der Waals surface area contributed by atoms with Crippen molar-refractivity contribution < 1.29 is 9.72 Å². The molecule has 1 amide bonds. The van der Waals surface area contributed by atoms with Crippen molar-refractivity contribution in [2.75, 3.05) is 4.90 Å². The molecule has 168 valence electrons. The molecule has 0 atom stereocenters. The number of non-ortho nitro benzene ring substituents is 1. The third-order valence-electron chi connectivity index (χ3n) is 5.52. The first kappa shape index (κ1) is 22.3. The van der Waals surface area contributed by atoms with E-state index in [1.165, 1.54) is 40.9 Å². The normalized spacial score (nSPS) is 15.0. The summed E-state index contributed by atoms with van der Waals surface area (Å²) in [6, 6.07) is 21.5. The molecule has 0 radical (unpaired) electrons. The first-order valence-corrected chi connectivity index (χ1v) is 11.9. The Balaban J connectivity index is 1.50. The number of aromatic nitrogens is 1. The van der Waals surface area contributed by atoms with Crippen LogP contribution in [0.25, 0.3) is 17.0 Å². The summed E-state index contributed by atoms with van der Waals surface area (Å²) in [5.41, 5.74) is 3.38. The Morgan fingerprint density at radius 2 is 1.74 bits per heavy atom. The van der Waals surface area contributed by atoms with Gasteiger partial charge in [0.2, 0.25) is 0 Å². The highest BCUT2D eigenvalue weighted by Crippen LogP contribution is 2.37. The highest BCUT2D eigenvalue weighted by molar-refractivity contribution is 8.27. The lowest BCUT2D eigenvalue weighted by Gasteiger charge is -2.13. The Hall–Kier alpha value is -3.46. The number of nitro groups is 1. The van der Waals surface area contributed by atoms with Gasteiger partial charge in [0.05, 0.1) is 15.5 Å². The minimum absolute atomic E-state index is 0.0453. The predicted molar refractivity (Wildman–Crippen MR) is 141 cm³/mol. The van der Waals surface area contributed by atoms with Gasteiger partial charge in [-0.3, -0.25) is 19.8 Å². The minimum atomic E-state index is -0.480. The van der Waals surface area contributed by atoms with E-state index in [2.05, 4.69) is 4.57 Å². The number of para-hydroxylation sites is 1. The van der Waals surface area contributed by atoms with Crippen molar-refractivity contribution in [1.82, 2.24) is 4.57 Å². The molecular formula is C25H16ClN3O3S2. The summed E-state index contributed by atoms with van der Waals surface area (Å²) in [5.74, 6) is -0.258. The van der Waals surface area contributed by atoms with E-state index in [9.17, 15) is 14.9 Å². The zero-order chi connectivity index (χ0) is 23.8. The summed E-state index contributed by atoms with van der Waals surface area (Å²) in [7, 11) is 0. The fourth-order valence-corrected chi connectivity index (χ4v) is 5.37. The smallest absolute Gasteiger partial charge is 0.270 e. The monoisotopic (exact) mass is 505 g/mol. The number of halogens is 1.